The average Bonchev–Trinajstić information content (AvgIpc) is 2.70. The van der Waals surface area contributed by atoms with E-state index in [2.05, 4.69) is 40.7 Å². The molecule has 0 unspecified atom stereocenters. The van der Waals surface area contributed by atoms with E-state index in [4.69, 9.17) is 14.2 Å². The molecular formula is C22H31N3O3. The Hall–Kier alpha value is -2.73. The lowest BCUT2D eigenvalue weighted by molar-refractivity contribution is 0.145. The number of aliphatic imine (C=N–C) groups is 1. The molecule has 0 saturated heterocycles. The summed E-state index contributed by atoms with van der Waals surface area (Å²) in [5.41, 5.74) is 3.36. The Kier molecular flexibility index (Phi) is 9.15. The number of benzene rings is 2. The van der Waals surface area contributed by atoms with E-state index in [1.54, 1.807) is 14.2 Å². The number of guanidine groups is 1. The summed E-state index contributed by atoms with van der Waals surface area (Å²) in [6.45, 7) is 7.05. The summed E-state index contributed by atoms with van der Waals surface area (Å²) >= 11 is 0. The Bertz CT molecular complexity index is 762. The van der Waals surface area contributed by atoms with Crippen LogP contribution < -0.4 is 20.1 Å². The molecule has 6 heteroatoms. The topological polar surface area (TPSA) is 64.1 Å². The second-order valence-electron chi connectivity index (χ2n) is 6.31. The van der Waals surface area contributed by atoms with E-state index < -0.39 is 0 Å². The first-order valence-electron chi connectivity index (χ1n) is 9.53. The zero-order valence-corrected chi connectivity index (χ0v) is 17.2. The third kappa shape index (κ3) is 7.12. The summed E-state index contributed by atoms with van der Waals surface area (Å²) in [6.07, 6.45) is 0. The zero-order chi connectivity index (χ0) is 20.2. The maximum atomic E-state index is 5.85. The van der Waals surface area contributed by atoms with Crippen LogP contribution >= 0.6 is 0 Å². The van der Waals surface area contributed by atoms with Crippen LogP contribution in [-0.4, -0.2) is 39.9 Å². The highest BCUT2D eigenvalue weighted by Crippen LogP contribution is 2.20. The minimum absolute atomic E-state index is 0.524. The normalized spacial score (nSPS) is 11.2. The molecule has 0 heterocycles. The van der Waals surface area contributed by atoms with Crippen molar-refractivity contribution in [1.29, 1.82) is 0 Å². The van der Waals surface area contributed by atoms with Crippen LogP contribution in [0.1, 0.15) is 23.6 Å². The van der Waals surface area contributed by atoms with Crippen LogP contribution in [0, 0.1) is 6.92 Å². The summed E-state index contributed by atoms with van der Waals surface area (Å²) in [4.78, 5) is 4.30. The van der Waals surface area contributed by atoms with E-state index in [1.807, 2.05) is 31.2 Å². The molecule has 0 radical (unpaired) electrons. The predicted molar refractivity (Wildman–Crippen MR) is 113 cm³/mol. The van der Waals surface area contributed by atoms with Gasteiger partial charge in [0.05, 0.1) is 13.2 Å². The molecular weight excluding hydrogens is 354 g/mol. The monoisotopic (exact) mass is 385 g/mol. The number of hydrogen-bond donors (Lipinski definition) is 2. The fourth-order valence-corrected chi connectivity index (χ4v) is 2.67. The Morgan fingerprint density at radius 2 is 1.82 bits per heavy atom. The molecule has 0 spiro atoms. The Labute approximate surface area is 167 Å². The van der Waals surface area contributed by atoms with Crippen LogP contribution in [0.4, 0.5) is 0 Å². The van der Waals surface area contributed by atoms with Crippen LogP contribution in [-0.2, 0) is 17.8 Å². The first kappa shape index (κ1) is 21.6. The van der Waals surface area contributed by atoms with Crippen LogP contribution in [0.3, 0.4) is 0 Å². The van der Waals surface area contributed by atoms with Gasteiger partial charge in [0.2, 0.25) is 0 Å². The lowest BCUT2D eigenvalue weighted by Gasteiger charge is -2.15. The van der Waals surface area contributed by atoms with Gasteiger partial charge < -0.3 is 24.8 Å². The number of rotatable bonds is 10. The fraction of sp³-hybridized carbons (Fsp3) is 0.409. The lowest BCUT2D eigenvalue weighted by atomic mass is 10.1. The summed E-state index contributed by atoms with van der Waals surface area (Å²) in [5, 5.41) is 6.67. The van der Waals surface area contributed by atoms with Gasteiger partial charge in [-0.15, -0.1) is 0 Å². The number of aryl methyl sites for hydroxylation is 1. The molecule has 2 rings (SSSR count). The van der Waals surface area contributed by atoms with Crippen LogP contribution in [0.25, 0.3) is 0 Å². The molecule has 28 heavy (non-hydrogen) atoms. The molecule has 2 aromatic carbocycles. The van der Waals surface area contributed by atoms with E-state index in [0.717, 1.165) is 34.1 Å². The fourth-order valence-electron chi connectivity index (χ4n) is 2.67. The molecule has 0 atom stereocenters. The number of methoxy groups -OCH3 is 1. The minimum atomic E-state index is 0.524. The maximum Gasteiger partial charge on any atom is 0.191 e. The maximum absolute atomic E-state index is 5.85. The second kappa shape index (κ2) is 11.9. The van der Waals surface area contributed by atoms with Crippen molar-refractivity contribution in [3.63, 3.8) is 0 Å². The SMILES string of the molecule is CCOc1cccc(CNC(=NC)NCc2ccc(C)cc2OCCOC)c1. The van der Waals surface area contributed by atoms with Gasteiger partial charge in [0, 0.05) is 32.8 Å². The Balaban J connectivity index is 1.92. The van der Waals surface area contributed by atoms with Gasteiger partial charge in [0.15, 0.2) is 5.96 Å². The van der Waals surface area contributed by atoms with Crippen LogP contribution in [0.5, 0.6) is 11.5 Å². The number of nitrogens with one attached hydrogen (secondary N) is 2. The Morgan fingerprint density at radius 1 is 1.00 bits per heavy atom. The van der Waals surface area contributed by atoms with Gasteiger partial charge in [-0.2, -0.15) is 0 Å². The standard InChI is InChI=1S/C22H31N3O3/c1-5-27-20-8-6-7-18(14-20)15-24-22(23-3)25-16-19-10-9-17(2)13-21(19)28-12-11-26-4/h6-10,13-14H,5,11-12,15-16H2,1-4H3,(H2,23,24,25). The summed E-state index contributed by atoms with van der Waals surface area (Å²) in [6, 6.07) is 14.2. The number of hydrogen-bond acceptors (Lipinski definition) is 4. The van der Waals surface area contributed by atoms with Crippen molar-refractivity contribution < 1.29 is 14.2 Å². The van der Waals surface area contributed by atoms with Crippen molar-refractivity contribution in [3.8, 4) is 11.5 Å². The van der Waals surface area contributed by atoms with Gasteiger partial charge in [-0.1, -0.05) is 24.3 Å². The highest BCUT2D eigenvalue weighted by molar-refractivity contribution is 5.79. The van der Waals surface area contributed by atoms with E-state index in [0.29, 0.717) is 32.9 Å². The molecule has 0 aromatic heterocycles. The van der Waals surface area contributed by atoms with E-state index in [-0.39, 0.29) is 0 Å². The molecule has 0 aliphatic heterocycles. The van der Waals surface area contributed by atoms with Crippen molar-refractivity contribution >= 4 is 5.96 Å². The van der Waals surface area contributed by atoms with Gasteiger partial charge in [0.1, 0.15) is 18.1 Å². The highest BCUT2D eigenvalue weighted by Gasteiger charge is 2.06. The van der Waals surface area contributed by atoms with Gasteiger partial charge >= 0.3 is 0 Å². The van der Waals surface area contributed by atoms with Crippen molar-refractivity contribution in [1.82, 2.24) is 10.6 Å². The summed E-state index contributed by atoms with van der Waals surface area (Å²) in [7, 11) is 3.43. The van der Waals surface area contributed by atoms with Crippen molar-refractivity contribution in [2.45, 2.75) is 26.9 Å². The van der Waals surface area contributed by atoms with Gasteiger partial charge in [-0.05, 0) is 43.2 Å². The second-order valence-corrected chi connectivity index (χ2v) is 6.31. The molecule has 2 aromatic rings. The van der Waals surface area contributed by atoms with E-state index >= 15 is 0 Å². The molecule has 2 N–H and O–H groups in total. The molecule has 0 fully saturated rings. The number of nitrogens with zero attached hydrogens (tertiary/aromatic N) is 1. The molecule has 0 aliphatic carbocycles. The molecule has 0 bridgehead atoms. The molecule has 152 valence electrons. The zero-order valence-electron chi connectivity index (χ0n) is 17.2. The van der Waals surface area contributed by atoms with E-state index in [1.165, 1.54) is 0 Å². The first-order valence-corrected chi connectivity index (χ1v) is 9.53. The smallest absolute Gasteiger partial charge is 0.191 e. The summed E-state index contributed by atoms with van der Waals surface area (Å²) in [5.74, 6) is 2.47. The molecule has 0 aliphatic rings. The van der Waals surface area contributed by atoms with Crippen LogP contribution in [0.15, 0.2) is 47.5 Å². The highest BCUT2D eigenvalue weighted by atomic mass is 16.5. The molecule has 0 saturated carbocycles. The Morgan fingerprint density at radius 3 is 2.57 bits per heavy atom. The number of ether oxygens (including phenoxy) is 3. The third-order valence-electron chi connectivity index (χ3n) is 4.11. The largest absolute Gasteiger partial charge is 0.494 e. The van der Waals surface area contributed by atoms with Gasteiger partial charge in [0.25, 0.3) is 0 Å². The summed E-state index contributed by atoms with van der Waals surface area (Å²) < 4.78 is 16.5. The quantitative estimate of drug-likeness (QED) is 0.373. The van der Waals surface area contributed by atoms with Crippen molar-refractivity contribution in [2.24, 2.45) is 4.99 Å². The van der Waals surface area contributed by atoms with Gasteiger partial charge in [-0.25, -0.2) is 0 Å². The van der Waals surface area contributed by atoms with Crippen LogP contribution in [0.2, 0.25) is 0 Å². The lowest BCUT2D eigenvalue weighted by Crippen LogP contribution is -2.36. The van der Waals surface area contributed by atoms with E-state index in [9.17, 15) is 0 Å². The third-order valence-corrected chi connectivity index (χ3v) is 4.11. The molecule has 0 amide bonds. The molecule has 6 nitrogen and oxygen atoms in total. The van der Waals surface area contributed by atoms with Crippen molar-refractivity contribution in [2.75, 3.05) is 34.0 Å². The minimum Gasteiger partial charge on any atom is -0.494 e. The average molecular weight is 386 g/mol. The van der Waals surface area contributed by atoms with Crippen molar-refractivity contribution in [3.05, 3.63) is 59.2 Å². The van der Waals surface area contributed by atoms with Gasteiger partial charge in [-0.3, -0.25) is 4.99 Å². The predicted octanol–water partition coefficient (Wildman–Crippen LogP) is 3.28. The first-order chi connectivity index (χ1) is 13.7.